The minimum atomic E-state index is -0.373. The highest BCUT2D eigenvalue weighted by Crippen LogP contribution is 2.26. The first kappa shape index (κ1) is 15.3. The molecule has 4 heteroatoms. The SMILES string of the molecule is CCCC1(C(=O)NC(C)c2cccc(Cl)c2)CCCN1. The zero-order chi connectivity index (χ0) is 14.6. The van der Waals surface area contributed by atoms with Crippen molar-refractivity contribution in [1.82, 2.24) is 10.6 Å². The van der Waals surface area contributed by atoms with Crippen molar-refractivity contribution in [1.29, 1.82) is 0 Å². The molecule has 0 saturated carbocycles. The molecule has 0 bridgehead atoms. The number of hydrogen-bond donors (Lipinski definition) is 2. The van der Waals surface area contributed by atoms with Crippen LogP contribution in [0.15, 0.2) is 24.3 Å². The zero-order valence-electron chi connectivity index (χ0n) is 12.2. The Morgan fingerprint density at radius 3 is 2.95 bits per heavy atom. The van der Waals surface area contributed by atoms with Gasteiger partial charge in [0.25, 0.3) is 0 Å². The summed E-state index contributed by atoms with van der Waals surface area (Å²) in [4.78, 5) is 12.6. The summed E-state index contributed by atoms with van der Waals surface area (Å²) in [6.07, 6.45) is 3.89. The van der Waals surface area contributed by atoms with Gasteiger partial charge in [-0.15, -0.1) is 0 Å². The second-order valence-corrected chi connectivity index (χ2v) is 6.05. The number of carbonyl (C=O) groups is 1. The van der Waals surface area contributed by atoms with Crippen molar-refractivity contribution in [3.8, 4) is 0 Å². The molecule has 1 fully saturated rings. The molecule has 2 N–H and O–H groups in total. The predicted octanol–water partition coefficient (Wildman–Crippen LogP) is 3.44. The van der Waals surface area contributed by atoms with E-state index in [1.54, 1.807) is 0 Å². The van der Waals surface area contributed by atoms with E-state index in [2.05, 4.69) is 17.6 Å². The van der Waals surface area contributed by atoms with Crippen molar-refractivity contribution in [2.45, 2.75) is 51.1 Å². The van der Waals surface area contributed by atoms with Crippen LogP contribution in [-0.4, -0.2) is 18.0 Å². The quantitative estimate of drug-likeness (QED) is 0.873. The lowest BCUT2D eigenvalue weighted by Gasteiger charge is -2.29. The lowest BCUT2D eigenvalue weighted by Crippen LogP contribution is -2.53. The Bertz CT molecular complexity index is 469. The molecular formula is C16H23ClN2O. The highest BCUT2D eigenvalue weighted by Gasteiger charge is 2.40. The molecular weight excluding hydrogens is 272 g/mol. The highest BCUT2D eigenvalue weighted by atomic mass is 35.5. The summed E-state index contributed by atoms with van der Waals surface area (Å²) >= 11 is 6.00. The third-order valence-corrected chi connectivity index (χ3v) is 4.29. The van der Waals surface area contributed by atoms with Crippen molar-refractivity contribution < 1.29 is 4.79 Å². The molecule has 0 radical (unpaired) electrons. The number of rotatable bonds is 5. The summed E-state index contributed by atoms with van der Waals surface area (Å²) in [6, 6.07) is 7.62. The van der Waals surface area contributed by atoms with Gasteiger partial charge in [-0.2, -0.15) is 0 Å². The Morgan fingerprint density at radius 1 is 1.55 bits per heavy atom. The van der Waals surface area contributed by atoms with E-state index in [1.807, 2.05) is 31.2 Å². The van der Waals surface area contributed by atoms with Gasteiger partial charge in [0.2, 0.25) is 5.91 Å². The summed E-state index contributed by atoms with van der Waals surface area (Å²) in [5.41, 5.74) is 0.664. The average Bonchev–Trinajstić information content (AvgIpc) is 2.89. The number of hydrogen-bond acceptors (Lipinski definition) is 2. The summed E-state index contributed by atoms with van der Waals surface area (Å²) in [5.74, 6) is 0.115. The van der Waals surface area contributed by atoms with Gasteiger partial charge in [-0.1, -0.05) is 37.1 Å². The number of nitrogens with one attached hydrogen (secondary N) is 2. The fourth-order valence-electron chi connectivity index (χ4n) is 2.95. The monoisotopic (exact) mass is 294 g/mol. The van der Waals surface area contributed by atoms with Crippen molar-refractivity contribution in [3.05, 3.63) is 34.9 Å². The smallest absolute Gasteiger partial charge is 0.240 e. The molecule has 2 atom stereocenters. The van der Waals surface area contributed by atoms with Crippen LogP contribution in [0.1, 0.15) is 51.1 Å². The van der Waals surface area contributed by atoms with Gasteiger partial charge >= 0.3 is 0 Å². The van der Waals surface area contributed by atoms with Gasteiger partial charge in [0.05, 0.1) is 11.6 Å². The Kier molecular flexibility index (Phi) is 5.06. The van der Waals surface area contributed by atoms with E-state index in [1.165, 1.54) is 0 Å². The normalized spacial score (nSPS) is 23.6. The summed E-state index contributed by atoms with van der Waals surface area (Å²) in [5, 5.41) is 7.23. The van der Waals surface area contributed by atoms with Crippen LogP contribution in [0.3, 0.4) is 0 Å². The minimum absolute atomic E-state index is 0.0302. The van der Waals surface area contributed by atoms with Crippen LogP contribution in [-0.2, 0) is 4.79 Å². The number of amides is 1. The van der Waals surface area contributed by atoms with Crippen molar-refractivity contribution in [2.75, 3.05) is 6.54 Å². The van der Waals surface area contributed by atoms with Gasteiger partial charge in [-0.25, -0.2) is 0 Å². The molecule has 3 nitrogen and oxygen atoms in total. The maximum atomic E-state index is 12.6. The molecule has 1 amide bonds. The van der Waals surface area contributed by atoms with Gasteiger partial charge in [-0.05, 0) is 50.4 Å². The fourth-order valence-corrected chi connectivity index (χ4v) is 3.15. The van der Waals surface area contributed by atoms with Gasteiger partial charge in [0, 0.05) is 5.02 Å². The predicted molar refractivity (Wildman–Crippen MR) is 82.9 cm³/mol. The molecule has 110 valence electrons. The molecule has 1 heterocycles. The standard InChI is InChI=1S/C16H23ClN2O/c1-3-8-16(9-5-10-18-16)15(20)19-12(2)13-6-4-7-14(17)11-13/h4,6-7,11-12,18H,3,5,8-10H2,1-2H3,(H,19,20). The van der Waals surface area contributed by atoms with Crippen LogP contribution in [0.2, 0.25) is 5.02 Å². The zero-order valence-corrected chi connectivity index (χ0v) is 13.0. The molecule has 1 aromatic carbocycles. The van der Waals surface area contributed by atoms with Crippen LogP contribution in [0, 0.1) is 0 Å². The molecule has 1 aliphatic heterocycles. The van der Waals surface area contributed by atoms with Gasteiger partial charge in [0.15, 0.2) is 0 Å². The van der Waals surface area contributed by atoms with Gasteiger partial charge in [-0.3, -0.25) is 4.79 Å². The molecule has 20 heavy (non-hydrogen) atoms. The first-order valence-corrected chi connectivity index (χ1v) is 7.76. The first-order valence-electron chi connectivity index (χ1n) is 7.39. The van der Waals surface area contributed by atoms with Crippen LogP contribution in [0.4, 0.5) is 0 Å². The number of halogens is 1. The molecule has 1 saturated heterocycles. The Morgan fingerprint density at radius 2 is 2.35 bits per heavy atom. The van der Waals surface area contributed by atoms with E-state index < -0.39 is 0 Å². The van der Waals surface area contributed by atoms with E-state index in [-0.39, 0.29) is 17.5 Å². The summed E-state index contributed by atoms with van der Waals surface area (Å²) in [6.45, 7) is 5.05. The molecule has 1 aromatic rings. The molecule has 0 aliphatic carbocycles. The lowest BCUT2D eigenvalue weighted by atomic mass is 9.90. The van der Waals surface area contributed by atoms with Crippen molar-refractivity contribution in [3.63, 3.8) is 0 Å². The van der Waals surface area contributed by atoms with Gasteiger partial charge in [0.1, 0.15) is 0 Å². The third-order valence-electron chi connectivity index (χ3n) is 4.05. The fraction of sp³-hybridized carbons (Fsp3) is 0.562. The largest absolute Gasteiger partial charge is 0.348 e. The van der Waals surface area contributed by atoms with Crippen molar-refractivity contribution in [2.24, 2.45) is 0 Å². The van der Waals surface area contributed by atoms with E-state index in [0.717, 1.165) is 37.8 Å². The Labute approximate surface area is 126 Å². The van der Waals surface area contributed by atoms with Crippen molar-refractivity contribution >= 4 is 17.5 Å². The van der Waals surface area contributed by atoms with Crippen LogP contribution >= 0.6 is 11.6 Å². The number of benzene rings is 1. The maximum Gasteiger partial charge on any atom is 0.240 e. The Balaban J connectivity index is 2.06. The molecule has 1 aliphatic rings. The van der Waals surface area contributed by atoms with E-state index >= 15 is 0 Å². The lowest BCUT2D eigenvalue weighted by molar-refractivity contribution is -0.128. The Hall–Kier alpha value is -1.06. The van der Waals surface area contributed by atoms with E-state index in [4.69, 9.17) is 11.6 Å². The van der Waals surface area contributed by atoms with Crippen LogP contribution < -0.4 is 10.6 Å². The summed E-state index contributed by atoms with van der Waals surface area (Å²) in [7, 11) is 0. The minimum Gasteiger partial charge on any atom is -0.348 e. The topological polar surface area (TPSA) is 41.1 Å². The third kappa shape index (κ3) is 3.33. The second kappa shape index (κ2) is 6.59. The summed E-state index contributed by atoms with van der Waals surface area (Å²) < 4.78 is 0. The molecule has 0 aromatic heterocycles. The van der Waals surface area contributed by atoms with Crippen LogP contribution in [0.25, 0.3) is 0 Å². The number of carbonyl (C=O) groups excluding carboxylic acids is 1. The highest BCUT2D eigenvalue weighted by molar-refractivity contribution is 6.30. The molecule has 2 rings (SSSR count). The van der Waals surface area contributed by atoms with Crippen LogP contribution in [0.5, 0.6) is 0 Å². The van der Waals surface area contributed by atoms with Gasteiger partial charge < -0.3 is 10.6 Å². The van der Waals surface area contributed by atoms with E-state index in [9.17, 15) is 4.79 Å². The van der Waals surface area contributed by atoms with E-state index in [0.29, 0.717) is 5.02 Å². The molecule has 2 unspecified atom stereocenters. The maximum absolute atomic E-state index is 12.6. The first-order chi connectivity index (χ1) is 9.57. The second-order valence-electron chi connectivity index (χ2n) is 5.61. The average molecular weight is 295 g/mol. The molecule has 0 spiro atoms.